The molecule has 0 aliphatic heterocycles. The number of carbonyl (C=O) groups excluding carboxylic acids is 2. The summed E-state index contributed by atoms with van der Waals surface area (Å²) < 4.78 is 0. The van der Waals surface area contributed by atoms with Crippen molar-refractivity contribution in [1.82, 2.24) is 5.32 Å². The molecule has 4 N–H and O–H groups in total. The first kappa shape index (κ1) is 17.5. The van der Waals surface area contributed by atoms with E-state index in [1.807, 2.05) is 26.0 Å². The first-order valence-corrected chi connectivity index (χ1v) is 8.03. The molecule has 0 aliphatic rings. The zero-order valence-electron chi connectivity index (χ0n) is 14.0. The second-order valence-electron chi connectivity index (χ2n) is 5.83. The van der Waals surface area contributed by atoms with E-state index in [2.05, 4.69) is 10.6 Å². The van der Waals surface area contributed by atoms with Crippen molar-refractivity contribution >= 4 is 23.2 Å². The van der Waals surface area contributed by atoms with Crippen LogP contribution >= 0.6 is 0 Å². The number of hydrogen-bond acceptors (Lipinski definition) is 3. The van der Waals surface area contributed by atoms with Gasteiger partial charge in [-0.2, -0.15) is 0 Å². The van der Waals surface area contributed by atoms with E-state index in [4.69, 9.17) is 5.73 Å². The molecule has 126 valence electrons. The van der Waals surface area contributed by atoms with Gasteiger partial charge in [0.2, 0.25) is 5.91 Å². The van der Waals surface area contributed by atoms with E-state index in [-0.39, 0.29) is 24.3 Å². The predicted octanol–water partition coefficient (Wildman–Crippen LogP) is 2.98. The Hall–Kier alpha value is -2.82. The summed E-state index contributed by atoms with van der Waals surface area (Å²) in [6, 6.07) is 14.2. The van der Waals surface area contributed by atoms with E-state index < -0.39 is 0 Å². The summed E-state index contributed by atoms with van der Waals surface area (Å²) in [6.07, 6.45) is 1.12. The number of nitrogens with one attached hydrogen (secondary N) is 2. The van der Waals surface area contributed by atoms with Crippen LogP contribution in [0, 0.1) is 0 Å². The van der Waals surface area contributed by atoms with Crippen LogP contribution in [0.2, 0.25) is 0 Å². The quantitative estimate of drug-likeness (QED) is 0.714. The summed E-state index contributed by atoms with van der Waals surface area (Å²) >= 11 is 0. The van der Waals surface area contributed by atoms with Gasteiger partial charge in [0.1, 0.15) is 0 Å². The van der Waals surface area contributed by atoms with Gasteiger partial charge < -0.3 is 16.4 Å². The second kappa shape index (κ2) is 8.15. The van der Waals surface area contributed by atoms with Gasteiger partial charge in [0.25, 0.3) is 5.91 Å². The lowest BCUT2D eigenvalue weighted by Crippen LogP contribution is -2.31. The Bertz CT molecular complexity index is 711. The zero-order valence-corrected chi connectivity index (χ0v) is 14.0. The summed E-state index contributed by atoms with van der Waals surface area (Å²) in [5, 5.41) is 5.73. The maximum absolute atomic E-state index is 12.1. The first-order chi connectivity index (χ1) is 11.5. The van der Waals surface area contributed by atoms with Gasteiger partial charge >= 0.3 is 0 Å². The lowest BCUT2D eigenvalue weighted by Gasteiger charge is -2.12. The van der Waals surface area contributed by atoms with Crippen LogP contribution in [0.3, 0.4) is 0 Å². The molecule has 0 heterocycles. The summed E-state index contributed by atoms with van der Waals surface area (Å²) in [5.41, 5.74) is 8.31. The van der Waals surface area contributed by atoms with Crippen LogP contribution in [-0.4, -0.2) is 17.9 Å². The predicted molar refractivity (Wildman–Crippen MR) is 96.8 cm³/mol. The molecule has 0 bridgehead atoms. The third-order valence-electron chi connectivity index (χ3n) is 3.74. The molecule has 24 heavy (non-hydrogen) atoms. The highest BCUT2D eigenvalue weighted by molar-refractivity contribution is 5.97. The Morgan fingerprint density at radius 3 is 2.50 bits per heavy atom. The fraction of sp³-hybridized carbons (Fsp3) is 0.263. The molecule has 0 aromatic heterocycles. The van der Waals surface area contributed by atoms with E-state index in [0.717, 1.165) is 12.0 Å². The van der Waals surface area contributed by atoms with Gasteiger partial charge in [-0.05, 0) is 49.2 Å². The van der Waals surface area contributed by atoms with Crippen molar-refractivity contribution in [1.29, 1.82) is 0 Å². The minimum absolute atomic E-state index is 0.112. The molecule has 0 saturated carbocycles. The van der Waals surface area contributed by atoms with Crippen molar-refractivity contribution < 1.29 is 9.59 Å². The molecule has 1 unspecified atom stereocenters. The molecule has 5 heteroatoms. The van der Waals surface area contributed by atoms with Gasteiger partial charge in [0.05, 0.1) is 6.42 Å². The molecule has 2 rings (SSSR count). The van der Waals surface area contributed by atoms with E-state index in [0.29, 0.717) is 16.9 Å². The number of carbonyl (C=O) groups is 2. The second-order valence-corrected chi connectivity index (χ2v) is 5.83. The highest BCUT2D eigenvalue weighted by Crippen LogP contribution is 2.13. The van der Waals surface area contributed by atoms with Gasteiger partial charge in [-0.1, -0.05) is 25.1 Å². The highest BCUT2D eigenvalue weighted by atomic mass is 16.2. The maximum Gasteiger partial charge on any atom is 0.251 e. The molecule has 1 atom stereocenters. The molecule has 2 amide bonds. The van der Waals surface area contributed by atoms with Crippen molar-refractivity contribution in [3.05, 3.63) is 59.7 Å². The lowest BCUT2D eigenvalue weighted by molar-refractivity contribution is -0.115. The van der Waals surface area contributed by atoms with Crippen LogP contribution < -0.4 is 16.4 Å². The minimum atomic E-state index is -0.140. The molecule has 0 saturated heterocycles. The summed E-state index contributed by atoms with van der Waals surface area (Å²) in [4.78, 5) is 24.3. The maximum atomic E-state index is 12.1. The van der Waals surface area contributed by atoms with Crippen LogP contribution in [-0.2, 0) is 11.2 Å². The van der Waals surface area contributed by atoms with Gasteiger partial charge in [-0.15, -0.1) is 0 Å². The van der Waals surface area contributed by atoms with Crippen molar-refractivity contribution in [2.45, 2.75) is 32.7 Å². The number of anilines is 2. The van der Waals surface area contributed by atoms with Gasteiger partial charge in [-0.3, -0.25) is 9.59 Å². The Morgan fingerprint density at radius 2 is 1.83 bits per heavy atom. The monoisotopic (exact) mass is 325 g/mol. The third-order valence-corrected chi connectivity index (χ3v) is 3.74. The smallest absolute Gasteiger partial charge is 0.251 e. The number of nitrogen functional groups attached to an aromatic ring is 1. The standard InChI is InChI=1S/C19H23N3O2/c1-3-13(2)21-19(24)15-5-4-6-17(12-15)22-18(23)11-14-7-9-16(20)10-8-14/h4-10,12-13H,3,11,20H2,1-2H3,(H,21,24)(H,22,23). The van der Waals surface area contributed by atoms with Crippen molar-refractivity contribution in [3.8, 4) is 0 Å². The number of rotatable bonds is 6. The van der Waals surface area contributed by atoms with Crippen molar-refractivity contribution in [2.75, 3.05) is 11.1 Å². The Morgan fingerprint density at radius 1 is 1.12 bits per heavy atom. The van der Waals surface area contributed by atoms with Crippen LogP contribution in [0.1, 0.15) is 36.2 Å². The fourth-order valence-electron chi connectivity index (χ4n) is 2.17. The fourth-order valence-corrected chi connectivity index (χ4v) is 2.17. The number of amides is 2. The van der Waals surface area contributed by atoms with E-state index in [1.54, 1.807) is 36.4 Å². The number of nitrogens with two attached hydrogens (primary N) is 1. The molecule has 0 fully saturated rings. The third kappa shape index (κ3) is 5.12. The summed E-state index contributed by atoms with van der Waals surface area (Å²) in [6.45, 7) is 3.97. The summed E-state index contributed by atoms with van der Waals surface area (Å²) in [7, 11) is 0. The van der Waals surface area contributed by atoms with E-state index in [9.17, 15) is 9.59 Å². The Labute approximate surface area is 142 Å². The largest absolute Gasteiger partial charge is 0.399 e. The van der Waals surface area contributed by atoms with Crippen molar-refractivity contribution in [3.63, 3.8) is 0 Å². The Kier molecular flexibility index (Phi) is 5.95. The average Bonchev–Trinajstić information content (AvgIpc) is 2.57. The number of hydrogen-bond donors (Lipinski definition) is 3. The summed E-state index contributed by atoms with van der Waals surface area (Å²) in [5.74, 6) is -0.279. The molecule has 2 aromatic carbocycles. The molecular weight excluding hydrogens is 302 g/mol. The van der Waals surface area contributed by atoms with Gasteiger partial charge in [0.15, 0.2) is 0 Å². The molecule has 0 spiro atoms. The van der Waals surface area contributed by atoms with Crippen LogP contribution in [0.15, 0.2) is 48.5 Å². The van der Waals surface area contributed by atoms with Gasteiger partial charge in [0, 0.05) is 23.0 Å². The van der Waals surface area contributed by atoms with E-state index >= 15 is 0 Å². The SMILES string of the molecule is CCC(C)NC(=O)c1cccc(NC(=O)Cc2ccc(N)cc2)c1. The molecule has 2 aromatic rings. The van der Waals surface area contributed by atoms with Crippen LogP contribution in [0.25, 0.3) is 0 Å². The van der Waals surface area contributed by atoms with E-state index in [1.165, 1.54) is 0 Å². The lowest BCUT2D eigenvalue weighted by atomic mass is 10.1. The van der Waals surface area contributed by atoms with Crippen LogP contribution in [0.5, 0.6) is 0 Å². The van der Waals surface area contributed by atoms with Crippen molar-refractivity contribution in [2.24, 2.45) is 0 Å². The highest BCUT2D eigenvalue weighted by Gasteiger charge is 2.10. The molecular formula is C19H23N3O2. The first-order valence-electron chi connectivity index (χ1n) is 8.03. The average molecular weight is 325 g/mol. The molecule has 5 nitrogen and oxygen atoms in total. The number of benzene rings is 2. The van der Waals surface area contributed by atoms with Crippen LogP contribution in [0.4, 0.5) is 11.4 Å². The molecule has 0 aliphatic carbocycles. The minimum Gasteiger partial charge on any atom is -0.399 e. The molecule has 0 radical (unpaired) electrons. The Balaban J connectivity index is 1.99. The topological polar surface area (TPSA) is 84.2 Å². The normalized spacial score (nSPS) is 11.6. The zero-order chi connectivity index (χ0) is 17.5. The van der Waals surface area contributed by atoms with Gasteiger partial charge in [-0.25, -0.2) is 0 Å².